The van der Waals surface area contributed by atoms with Crippen LogP contribution in [0.4, 0.5) is 8.78 Å². The molecule has 0 unspecified atom stereocenters. The number of likely N-dealkylation sites (tertiary alicyclic amines) is 1. The quantitative estimate of drug-likeness (QED) is 0.764. The van der Waals surface area contributed by atoms with Crippen molar-refractivity contribution in [1.82, 2.24) is 4.90 Å². The largest absolute Gasteiger partial charge is 0.338 e. The number of piperidine rings is 1. The Morgan fingerprint density at radius 2 is 2.06 bits per heavy atom. The molecule has 98 valence electrons. The molecule has 3 atom stereocenters. The molecule has 1 aliphatic carbocycles. The highest BCUT2D eigenvalue weighted by Gasteiger charge is 2.57. The summed E-state index contributed by atoms with van der Waals surface area (Å²) in [5.74, 6) is -3.43. The second kappa shape index (κ2) is 3.64. The first-order chi connectivity index (χ1) is 7.63. The minimum Gasteiger partial charge on any atom is -0.338 e. The van der Waals surface area contributed by atoms with Crippen molar-refractivity contribution in [2.45, 2.75) is 51.6 Å². The maximum absolute atomic E-state index is 13.3. The van der Waals surface area contributed by atoms with Gasteiger partial charge in [0, 0.05) is 24.9 Å². The van der Waals surface area contributed by atoms with Gasteiger partial charge >= 0.3 is 0 Å². The Morgan fingerprint density at radius 1 is 1.47 bits per heavy atom. The molecule has 0 aromatic heterocycles. The minimum atomic E-state index is -2.59. The third-order valence-corrected chi connectivity index (χ3v) is 4.00. The highest BCUT2D eigenvalue weighted by Crippen LogP contribution is 2.48. The molecule has 2 aliphatic rings. The van der Waals surface area contributed by atoms with E-state index in [4.69, 9.17) is 5.73 Å². The Kier molecular flexibility index (Phi) is 2.73. The van der Waals surface area contributed by atoms with Crippen molar-refractivity contribution in [1.29, 1.82) is 0 Å². The first-order valence-electron chi connectivity index (χ1n) is 6.07. The number of amides is 1. The van der Waals surface area contributed by atoms with Gasteiger partial charge < -0.3 is 10.6 Å². The molecule has 1 aliphatic heterocycles. The second-order valence-electron chi connectivity index (χ2n) is 6.39. The molecule has 1 amide bonds. The van der Waals surface area contributed by atoms with Crippen molar-refractivity contribution >= 4 is 5.91 Å². The summed E-state index contributed by atoms with van der Waals surface area (Å²) in [7, 11) is 0. The number of nitrogens with zero attached hydrogens (tertiary/aromatic N) is 1. The number of hydrogen-bond acceptors (Lipinski definition) is 2. The standard InChI is InChI=1S/C12H20F2N2O/c1-11(2,3)9(15)10(17)16-6-7-4-8(16)5-12(7,13)14/h7-9H,4-6,15H2,1-3H3/t7-,8-,9+/m0/s1. The van der Waals surface area contributed by atoms with Crippen LogP contribution in [0.1, 0.15) is 33.6 Å². The van der Waals surface area contributed by atoms with Crippen LogP contribution in [0.2, 0.25) is 0 Å². The Labute approximate surface area is 100 Å². The van der Waals surface area contributed by atoms with E-state index < -0.39 is 17.9 Å². The molecule has 3 nitrogen and oxygen atoms in total. The number of carbonyl (C=O) groups is 1. The predicted octanol–water partition coefficient (Wildman–Crippen LogP) is 1.62. The second-order valence-corrected chi connectivity index (χ2v) is 6.39. The fourth-order valence-electron chi connectivity index (χ4n) is 2.72. The average molecular weight is 246 g/mol. The lowest BCUT2D eigenvalue weighted by atomic mass is 9.86. The molecule has 0 aromatic carbocycles. The summed E-state index contributed by atoms with van der Waals surface area (Å²) in [6.45, 7) is 5.83. The van der Waals surface area contributed by atoms with Gasteiger partial charge in [0.25, 0.3) is 5.92 Å². The first-order valence-corrected chi connectivity index (χ1v) is 6.07. The number of nitrogens with two attached hydrogens (primary N) is 1. The molecular weight excluding hydrogens is 226 g/mol. The van der Waals surface area contributed by atoms with Gasteiger partial charge in [0.15, 0.2) is 0 Å². The Bertz CT molecular complexity index is 338. The van der Waals surface area contributed by atoms with Crippen LogP contribution in [0.15, 0.2) is 0 Å². The molecule has 17 heavy (non-hydrogen) atoms. The summed E-state index contributed by atoms with van der Waals surface area (Å²) in [5, 5.41) is 0. The fraction of sp³-hybridized carbons (Fsp3) is 0.917. The van der Waals surface area contributed by atoms with Gasteiger partial charge in [-0.3, -0.25) is 4.79 Å². The molecule has 1 heterocycles. The summed E-state index contributed by atoms with van der Waals surface area (Å²) in [6.07, 6.45) is 0.232. The van der Waals surface area contributed by atoms with Crippen molar-refractivity contribution in [2.24, 2.45) is 17.1 Å². The van der Waals surface area contributed by atoms with Crippen LogP contribution < -0.4 is 5.73 Å². The van der Waals surface area contributed by atoms with E-state index in [9.17, 15) is 13.6 Å². The maximum Gasteiger partial charge on any atom is 0.254 e. The molecule has 2 bridgehead atoms. The summed E-state index contributed by atoms with van der Waals surface area (Å²) in [4.78, 5) is 13.7. The Morgan fingerprint density at radius 3 is 2.41 bits per heavy atom. The lowest BCUT2D eigenvalue weighted by molar-refractivity contribution is -0.141. The van der Waals surface area contributed by atoms with Crippen molar-refractivity contribution in [2.75, 3.05) is 6.54 Å². The lowest BCUT2D eigenvalue weighted by Gasteiger charge is -2.36. The normalized spacial score (nSPS) is 32.9. The molecule has 0 radical (unpaired) electrons. The van der Waals surface area contributed by atoms with Crippen LogP contribution in [0, 0.1) is 11.3 Å². The first kappa shape index (κ1) is 12.7. The lowest BCUT2D eigenvalue weighted by Crippen LogP contribution is -2.54. The van der Waals surface area contributed by atoms with Crippen LogP contribution in [0.3, 0.4) is 0 Å². The number of carbonyl (C=O) groups excluding carboxylic acids is 1. The van der Waals surface area contributed by atoms with Crippen molar-refractivity contribution in [3.8, 4) is 0 Å². The van der Waals surface area contributed by atoms with Gasteiger partial charge in [0.2, 0.25) is 5.91 Å². The van der Waals surface area contributed by atoms with Gasteiger partial charge in [-0.1, -0.05) is 20.8 Å². The van der Waals surface area contributed by atoms with E-state index in [2.05, 4.69) is 0 Å². The number of hydrogen-bond donors (Lipinski definition) is 1. The highest BCUT2D eigenvalue weighted by molar-refractivity contribution is 5.83. The third-order valence-electron chi connectivity index (χ3n) is 4.00. The Balaban J connectivity index is 2.06. The van der Waals surface area contributed by atoms with Gasteiger partial charge in [-0.05, 0) is 11.8 Å². The van der Waals surface area contributed by atoms with Gasteiger partial charge in [-0.2, -0.15) is 0 Å². The zero-order valence-electron chi connectivity index (χ0n) is 10.5. The molecule has 2 N–H and O–H groups in total. The molecule has 2 rings (SSSR count). The molecule has 1 saturated carbocycles. The van der Waals surface area contributed by atoms with Crippen molar-refractivity contribution in [3.05, 3.63) is 0 Å². The molecular formula is C12H20F2N2O. The van der Waals surface area contributed by atoms with E-state index in [0.717, 1.165) is 0 Å². The molecule has 0 aromatic rings. The highest BCUT2D eigenvalue weighted by atomic mass is 19.3. The molecule has 5 heteroatoms. The van der Waals surface area contributed by atoms with Gasteiger partial charge in [0.05, 0.1) is 6.04 Å². The average Bonchev–Trinajstić information content (AvgIpc) is 2.68. The molecule has 2 fully saturated rings. The summed E-state index contributed by atoms with van der Waals surface area (Å²) < 4.78 is 26.7. The van der Waals surface area contributed by atoms with E-state index in [1.54, 1.807) is 4.90 Å². The Hall–Kier alpha value is -0.710. The number of alkyl halides is 2. The van der Waals surface area contributed by atoms with Crippen LogP contribution >= 0.6 is 0 Å². The number of halogens is 2. The predicted molar refractivity (Wildman–Crippen MR) is 60.6 cm³/mol. The van der Waals surface area contributed by atoms with E-state index >= 15 is 0 Å². The molecule has 1 saturated heterocycles. The summed E-state index contributed by atoms with van der Waals surface area (Å²) in [6, 6.07) is -0.925. The number of rotatable bonds is 1. The van der Waals surface area contributed by atoms with Crippen LogP contribution in [-0.2, 0) is 4.79 Å². The van der Waals surface area contributed by atoms with Crippen LogP contribution in [-0.4, -0.2) is 35.4 Å². The van der Waals surface area contributed by atoms with E-state index in [1.165, 1.54) is 0 Å². The van der Waals surface area contributed by atoms with Crippen molar-refractivity contribution in [3.63, 3.8) is 0 Å². The van der Waals surface area contributed by atoms with E-state index in [0.29, 0.717) is 6.42 Å². The number of fused-ring (bicyclic) bond motifs is 2. The monoisotopic (exact) mass is 246 g/mol. The summed E-state index contributed by atoms with van der Waals surface area (Å²) in [5.41, 5.74) is 5.56. The maximum atomic E-state index is 13.3. The third kappa shape index (κ3) is 2.05. The van der Waals surface area contributed by atoms with Crippen molar-refractivity contribution < 1.29 is 13.6 Å². The SMILES string of the molecule is CC(C)(C)[C@H](N)C(=O)N1C[C@@H]2C[C@H]1CC2(F)F. The van der Waals surface area contributed by atoms with Crippen LogP contribution in [0.25, 0.3) is 0 Å². The smallest absolute Gasteiger partial charge is 0.254 e. The summed E-state index contributed by atoms with van der Waals surface area (Å²) >= 11 is 0. The molecule has 0 spiro atoms. The van der Waals surface area contributed by atoms with E-state index in [1.807, 2.05) is 20.8 Å². The van der Waals surface area contributed by atoms with Gasteiger partial charge in [-0.25, -0.2) is 8.78 Å². The van der Waals surface area contributed by atoms with Gasteiger partial charge in [-0.15, -0.1) is 0 Å². The van der Waals surface area contributed by atoms with E-state index in [-0.39, 0.29) is 30.3 Å². The zero-order chi connectivity index (χ0) is 13.0. The fourth-order valence-corrected chi connectivity index (χ4v) is 2.72. The van der Waals surface area contributed by atoms with Gasteiger partial charge in [0.1, 0.15) is 0 Å². The van der Waals surface area contributed by atoms with Crippen LogP contribution in [0.5, 0.6) is 0 Å². The minimum absolute atomic E-state index is 0.167. The topological polar surface area (TPSA) is 46.3 Å². The zero-order valence-corrected chi connectivity index (χ0v) is 10.5.